The Morgan fingerprint density at radius 3 is 2.91 bits per heavy atom. The molecule has 1 aromatic rings. The number of hydrogen-bond acceptors (Lipinski definition) is 5. The standard InChI is InChI=1S/C15H27N5OS.HI/c1-12(14-18-11-13(2)22-14)10-19-15(16)17-4-3-5-20-6-8-21-9-7-20;/h11-12H,3-10H2,1-2H3,(H3,16,17,19);1H. The molecule has 1 saturated heterocycles. The maximum atomic E-state index is 5.91. The zero-order valence-electron chi connectivity index (χ0n) is 14.0. The second-order valence-corrected chi connectivity index (χ2v) is 6.94. The van der Waals surface area contributed by atoms with Crippen molar-refractivity contribution in [3.05, 3.63) is 16.1 Å². The number of morpholine rings is 1. The van der Waals surface area contributed by atoms with E-state index in [0.717, 1.165) is 50.8 Å². The number of aromatic nitrogens is 1. The third kappa shape index (κ3) is 7.77. The monoisotopic (exact) mass is 453 g/mol. The number of nitrogens with zero attached hydrogens (tertiary/aromatic N) is 3. The first-order valence-electron chi connectivity index (χ1n) is 7.91. The van der Waals surface area contributed by atoms with Crippen LogP contribution in [0.5, 0.6) is 0 Å². The highest BCUT2D eigenvalue weighted by Crippen LogP contribution is 2.20. The molecule has 3 N–H and O–H groups in total. The Hall–Kier alpha value is -0.450. The van der Waals surface area contributed by atoms with Gasteiger partial charge in [0.15, 0.2) is 5.96 Å². The van der Waals surface area contributed by atoms with Gasteiger partial charge in [0.2, 0.25) is 0 Å². The second-order valence-electron chi connectivity index (χ2n) is 5.67. The van der Waals surface area contributed by atoms with Crippen LogP contribution in [-0.2, 0) is 4.74 Å². The van der Waals surface area contributed by atoms with Gasteiger partial charge in [-0.2, -0.15) is 0 Å². The van der Waals surface area contributed by atoms with Crippen LogP contribution >= 0.6 is 35.3 Å². The van der Waals surface area contributed by atoms with Crippen LogP contribution in [0.4, 0.5) is 0 Å². The largest absolute Gasteiger partial charge is 0.379 e. The molecule has 1 fully saturated rings. The van der Waals surface area contributed by atoms with Crippen molar-refractivity contribution in [2.45, 2.75) is 26.2 Å². The summed E-state index contributed by atoms with van der Waals surface area (Å²) in [6, 6.07) is 0. The molecule has 6 nitrogen and oxygen atoms in total. The topological polar surface area (TPSA) is 75.8 Å². The highest BCUT2D eigenvalue weighted by atomic mass is 127. The molecule has 23 heavy (non-hydrogen) atoms. The van der Waals surface area contributed by atoms with E-state index in [1.54, 1.807) is 11.3 Å². The van der Waals surface area contributed by atoms with Crippen LogP contribution < -0.4 is 11.1 Å². The normalized spacial score (nSPS) is 17.6. The molecule has 1 aromatic heterocycles. The number of aliphatic imine (C=N–C) groups is 1. The number of ether oxygens (including phenoxy) is 1. The number of nitrogens with one attached hydrogen (secondary N) is 1. The first kappa shape index (κ1) is 20.6. The second kappa shape index (κ2) is 11.2. The highest BCUT2D eigenvalue weighted by Gasteiger charge is 2.10. The number of nitrogens with two attached hydrogens (primary N) is 1. The fraction of sp³-hybridized carbons (Fsp3) is 0.733. The summed E-state index contributed by atoms with van der Waals surface area (Å²) in [7, 11) is 0. The van der Waals surface area contributed by atoms with Gasteiger partial charge in [-0.1, -0.05) is 6.92 Å². The number of aryl methyl sites for hydroxylation is 1. The van der Waals surface area contributed by atoms with Gasteiger partial charge in [0, 0.05) is 36.6 Å². The van der Waals surface area contributed by atoms with E-state index in [4.69, 9.17) is 10.5 Å². The number of rotatable bonds is 7. The van der Waals surface area contributed by atoms with Gasteiger partial charge in [-0.3, -0.25) is 9.89 Å². The predicted octanol–water partition coefficient (Wildman–Crippen LogP) is 1.80. The molecule has 1 aliphatic rings. The van der Waals surface area contributed by atoms with E-state index >= 15 is 0 Å². The lowest BCUT2D eigenvalue weighted by molar-refractivity contribution is 0.0376. The van der Waals surface area contributed by atoms with E-state index in [2.05, 4.69) is 34.0 Å². The fourth-order valence-electron chi connectivity index (χ4n) is 2.31. The maximum absolute atomic E-state index is 5.91. The van der Waals surface area contributed by atoms with Crippen LogP contribution in [0.1, 0.15) is 29.1 Å². The van der Waals surface area contributed by atoms with Gasteiger partial charge in [0.25, 0.3) is 0 Å². The molecule has 8 heteroatoms. The molecule has 132 valence electrons. The molecule has 0 spiro atoms. The van der Waals surface area contributed by atoms with Gasteiger partial charge in [-0.15, -0.1) is 35.3 Å². The Morgan fingerprint density at radius 2 is 2.26 bits per heavy atom. The first-order chi connectivity index (χ1) is 10.6. The molecule has 0 radical (unpaired) electrons. The Morgan fingerprint density at radius 1 is 1.52 bits per heavy atom. The number of halogens is 1. The van der Waals surface area contributed by atoms with Crippen molar-refractivity contribution in [3.8, 4) is 0 Å². The predicted molar refractivity (Wildman–Crippen MR) is 107 cm³/mol. The quantitative estimate of drug-likeness (QED) is 0.285. The number of thiazole rings is 1. The van der Waals surface area contributed by atoms with Crippen molar-refractivity contribution in [1.29, 1.82) is 0 Å². The summed E-state index contributed by atoms with van der Waals surface area (Å²) in [6.45, 7) is 10.6. The van der Waals surface area contributed by atoms with E-state index in [9.17, 15) is 0 Å². The van der Waals surface area contributed by atoms with Crippen molar-refractivity contribution in [3.63, 3.8) is 0 Å². The van der Waals surface area contributed by atoms with E-state index in [1.165, 1.54) is 4.88 Å². The first-order valence-corrected chi connectivity index (χ1v) is 8.73. The van der Waals surface area contributed by atoms with Crippen LogP contribution in [0.3, 0.4) is 0 Å². The SMILES string of the molecule is Cc1cnc(C(C)CN=C(N)NCCCN2CCOCC2)s1.I. The van der Waals surface area contributed by atoms with E-state index < -0.39 is 0 Å². The molecule has 2 heterocycles. The van der Waals surface area contributed by atoms with Crippen LogP contribution in [0, 0.1) is 6.92 Å². The zero-order valence-corrected chi connectivity index (χ0v) is 17.1. The van der Waals surface area contributed by atoms with E-state index in [-0.39, 0.29) is 24.0 Å². The smallest absolute Gasteiger partial charge is 0.188 e. The van der Waals surface area contributed by atoms with Crippen molar-refractivity contribution in [2.24, 2.45) is 10.7 Å². The minimum Gasteiger partial charge on any atom is -0.379 e. The summed E-state index contributed by atoms with van der Waals surface area (Å²) >= 11 is 1.73. The summed E-state index contributed by atoms with van der Waals surface area (Å²) in [5.41, 5.74) is 5.91. The van der Waals surface area contributed by atoms with Crippen LogP contribution in [0.25, 0.3) is 0 Å². The van der Waals surface area contributed by atoms with Gasteiger partial charge in [-0.25, -0.2) is 4.98 Å². The third-order valence-electron chi connectivity index (χ3n) is 3.66. The van der Waals surface area contributed by atoms with Crippen molar-refractivity contribution < 1.29 is 4.74 Å². The summed E-state index contributed by atoms with van der Waals surface area (Å²) in [6.07, 6.45) is 2.98. The third-order valence-corrected chi connectivity index (χ3v) is 4.80. The summed E-state index contributed by atoms with van der Waals surface area (Å²) in [5, 5.41) is 4.31. The van der Waals surface area contributed by atoms with Crippen LogP contribution in [-0.4, -0.2) is 61.8 Å². The average molecular weight is 453 g/mol. The molecular weight excluding hydrogens is 425 g/mol. The molecule has 0 aliphatic carbocycles. The van der Waals surface area contributed by atoms with Gasteiger partial charge in [0.05, 0.1) is 24.8 Å². The number of guanidine groups is 1. The van der Waals surface area contributed by atoms with Crippen LogP contribution in [0.2, 0.25) is 0 Å². The molecule has 0 saturated carbocycles. The van der Waals surface area contributed by atoms with Gasteiger partial charge in [0.1, 0.15) is 0 Å². The summed E-state index contributed by atoms with van der Waals surface area (Å²) in [4.78, 5) is 12.5. The molecule has 0 amide bonds. The van der Waals surface area contributed by atoms with E-state index in [0.29, 0.717) is 18.4 Å². The molecule has 2 rings (SSSR count). The molecular formula is C15H28IN5OS. The molecule has 1 unspecified atom stereocenters. The Labute approximate surface area is 159 Å². The summed E-state index contributed by atoms with van der Waals surface area (Å²) < 4.78 is 5.34. The minimum absolute atomic E-state index is 0. The molecule has 1 aliphatic heterocycles. The van der Waals surface area contributed by atoms with Crippen molar-refractivity contribution in [1.82, 2.24) is 15.2 Å². The number of hydrogen-bond donors (Lipinski definition) is 2. The Bertz CT molecular complexity index is 476. The zero-order chi connectivity index (χ0) is 15.8. The lowest BCUT2D eigenvalue weighted by Crippen LogP contribution is -2.39. The van der Waals surface area contributed by atoms with Crippen molar-refractivity contribution in [2.75, 3.05) is 45.9 Å². The van der Waals surface area contributed by atoms with Crippen molar-refractivity contribution >= 4 is 41.3 Å². The minimum atomic E-state index is 0. The average Bonchev–Trinajstić information content (AvgIpc) is 2.97. The lowest BCUT2D eigenvalue weighted by atomic mass is 10.2. The molecule has 0 aromatic carbocycles. The van der Waals surface area contributed by atoms with E-state index in [1.807, 2.05) is 6.20 Å². The Balaban J connectivity index is 0.00000264. The van der Waals surface area contributed by atoms with Gasteiger partial charge < -0.3 is 15.8 Å². The van der Waals surface area contributed by atoms with Gasteiger partial charge in [-0.05, 0) is 19.9 Å². The maximum Gasteiger partial charge on any atom is 0.188 e. The van der Waals surface area contributed by atoms with Gasteiger partial charge >= 0.3 is 0 Å². The van der Waals surface area contributed by atoms with Crippen LogP contribution in [0.15, 0.2) is 11.2 Å². The Kier molecular flexibility index (Phi) is 10.00. The fourth-order valence-corrected chi connectivity index (χ4v) is 3.13. The highest BCUT2D eigenvalue weighted by molar-refractivity contribution is 14.0. The molecule has 0 bridgehead atoms. The molecule has 1 atom stereocenters. The summed E-state index contributed by atoms with van der Waals surface area (Å²) in [5.74, 6) is 0.842. The lowest BCUT2D eigenvalue weighted by Gasteiger charge is -2.26.